The molecular weight excluding hydrogens is 369 g/mol. The molecule has 1 heterocycles. The monoisotopic (exact) mass is 380 g/mol. The molecule has 1 atom stereocenters. The van der Waals surface area contributed by atoms with Crippen molar-refractivity contribution in [3.63, 3.8) is 0 Å². The van der Waals surface area contributed by atoms with Crippen LogP contribution in [0.1, 0.15) is 29.2 Å². The van der Waals surface area contributed by atoms with Crippen LogP contribution in [0.15, 0.2) is 36.4 Å². The minimum atomic E-state index is -4.59. The fraction of sp³-hybridized carbons (Fsp3) is 0.235. The van der Waals surface area contributed by atoms with Gasteiger partial charge in [0, 0.05) is 0 Å². The molecule has 3 aromatic rings. The number of nitrogens with zero attached hydrogens (tertiary/aromatic N) is 3. The van der Waals surface area contributed by atoms with Crippen LogP contribution in [0.25, 0.3) is 11.0 Å². The summed E-state index contributed by atoms with van der Waals surface area (Å²) in [7, 11) is 0. The van der Waals surface area contributed by atoms with Gasteiger partial charge in [0.2, 0.25) is 0 Å². The maximum absolute atomic E-state index is 13.0. The summed E-state index contributed by atoms with van der Waals surface area (Å²) in [5.74, 6) is 0. The molecule has 1 N–H and O–H groups in total. The molecule has 134 valence electrons. The van der Waals surface area contributed by atoms with E-state index in [0.29, 0.717) is 6.42 Å². The van der Waals surface area contributed by atoms with E-state index in [4.69, 9.17) is 11.6 Å². The van der Waals surface area contributed by atoms with Crippen molar-refractivity contribution in [3.8, 4) is 0 Å². The highest BCUT2D eigenvalue weighted by atomic mass is 35.5. The van der Waals surface area contributed by atoms with Crippen molar-refractivity contribution < 1.29 is 18.0 Å². The van der Waals surface area contributed by atoms with Crippen LogP contribution >= 0.6 is 11.6 Å². The third-order valence-electron chi connectivity index (χ3n) is 4.46. The van der Waals surface area contributed by atoms with Gasteiger partial charge in [-0.25, -0.2) is 4.79 Å². The topological polar surface area (TPSA) is 59.8 Å². The molecule has 1 aliphatic rings. The normalized spacial score (nSPS) is 16.7. The van der Waals surface area contributed by atoms with Crippen molar-refractivity contribution in [2.24, 2.45) is 0 Å². The van der Waals surface area contributed by atoms with Gasteiger partial charge in [-0.3, -0.25) is 0 Å². The molecule has 0 saturated carbocycles. The highest BCUT2D eigenvalue weighted by molar-refractivity contribution is 6.35. The fourth-order valence-electron chi connectivity index (χ4n) is 3.21. The Labute approximate surface area is 150 Å². The zero-order chi connectivity index (χ0) is 18.5. The molecule has 2 aromatic carbocycles. The number of hydrogen-bond acceptors (Lipinski definition) is 3. The van der Waals surface area contributed by atoms with Crippen LogP contribution in [0.2, 0.25) is 5.02 Å². The summed E-state index contributed by atoms with van der Waals surface area (Å²) in [4.78, 5) is 12.6. The number of fused-ring (bicyclic) bond motifs is 2. The Balaban J connectivity index is 1.69. The van der Waals surface area contributed by atoms with Crippen LogP contribution < -0.4 is 5.32 Å². The van der Waals surface area contributed by atoms with Crippen LogP contribution in [0.5, 0.6) is 0 Å². The molecule has 9 heteroatoms. The predicted molar refractivity (Wildman–Crippen MR) is 89.0 cm³/mol. The molecule has 0 aliphatic heterocycles. The standard InChI is InChI=1S/C17H12ClF3N4O/c18-12-7-10(17(19,20)21)8-14-15(12)23-24-25(14)16(26)22-13-6-5-9-3-1-2-4-11(9)13/h1-4,7-8,13H,5-6H2,(H,22,26)/t13-/m1/s1. The van der Waals surface area contributed by atoms with Gasteiger partial charge in [-0.15, -0.1) is 5.10 Å². The Morgan fingerprint density at radius 1 is 1.27 bits per heavy atom. The Morgan fingerprint density at radius 2 is 2.04 bits per heavy atom. The van der Waals surface area contributed by atoms with Gasteiger partial charge in [-0.05, 0) is 36.1 Å². The number of benzene rings is 2. The minimum Gasteiger partial charge on any atom is -0.329 e. The number of aromatic nitrogens is 3. The lowest BCUT2D eigenvalue weighted by molar-refractivity contribution is -0.137. The summed E-state index contributed by atoms with van der Waals surface area (Å²) in [6, 6.07) is 8.44. The second-order valence-electron chi connectivity index (χ2n) is 6.06. The molecule has 4 rings (SSSR count). The second kappa shape index (κ2) is 5.98. The maximum Gasteiger partial charge on any atom is 0.416 e. The van der Waals surface area contributed by atoms with Crippen molar-refractivity contribution in [3.05, 3.63) is 58.1 Å². The van der Waals surface area contributed by atoms with Crippen molar-refractivity contribution in [2.75, 3.05) is 0 Å². The number of hydrogen-bond donors (Lipinski definition) is 1. The van der Waals surface area contributed by atoms with Gasteiger partial charge in [0.1, 0.15) is 11.0 Å². The molecule has 1 aromatic heterocycles. The largest absolute Gasteiger partial charge is 0.416 e. The third-order valence-corrected chi connectivity index (χ3v) is 4.74. The first-order chi connectivity index (χ1) is 12.3. The SMILES string of the molecule is O=C(N[C@@H]1CCc2ccccc21)n1nnc2c(Cl)cc(C(F)(F)F)cc21. The predicted octanol–water partition coefficient (Wildman–Crippen LogP) is 4.35. The first-order valence-corrected chi connectivity index (χ1v) is 8.23. The average molecular weight is 381 g/mol. The zero-order valence-electron chi connectivity index (χ0n) is 13.2. The summed E-state index contributed by atoms with van der Waals surface area (Å²) < 4.78 is 39.9. The van der Waals surface area contributed by atoms with E-state index >= 15 is 0 Å². The van der Waals surface area contributed by atoms with Gasteiger partial charge in [0.25, 0.3) is 0 Å². The quantitative estimate of drug-likeness (QED) is 0.682. The Morgan fingerprint density at radius 3 is 2.81 bits per heavy atom. The van der Waals surface area contributed by atoms with Crippen molar-refractivity contribution in [1.82, 2.24) is 20.3 Å². The fourth-order valence-corrected chi connectivity index (χ4v) is 3.47. The molecule has 5 nitrogen and oxygen atoms in total. The number of alkyl halides is 3. The smallest absolute Gasteiger partial charge is 0.329 e. The highest BCUT2D eigenvalue weighted by Crippen LogP contribution is 2.35. The van der Waals surface area contributed by atoms with Crippen LogP contribution in [-0.2, 0) is 12.6 Å². The molecule has 1 aliphatic carbocycles. The minimum absolute atomic E-state index is 0.0432. The molecule has 0 spiro atoms. The van der Waals surface area contributed by atoms with E-state index in [1.165, 1.54) is 0 Å². The summed E-state index contributed by atoms with van der Waals surface area (Å²) in [6.07, 6.45) is -3.05. The first kappa shape index (κ1) is 16.8. The lowest BCUT2D eigenvalue weighted by Crippen LogP contribution is -2.32. The van der Waals surface area contributed by atoms with Gasteiger partial charge in [0.05, 0.1) is 16.6 Å². The summed E-state index contributed by atoms with van der Waals surface area (Å²) in [5, 5.41) is 10.0. The van der Waals surface area contributed by atoms with Gasteiger partial charge >= 0.3 is 12.2 Å². The summed E-state index contributed by atoms with van der Waals surface area (Å²) in [6.45, 7) is 0. The Hall–Kier alpha value is -2.61. The molecule has 0 unspecified atom stereocenters. The van der Waals surface area contributed by atoms with Crippen LogP contribution in [0, 0.1) is 0 Å². The molecule has 1 amide bonds. The molecule has 0 bridgehead atoms. The van der Waals surface area contributed by atoms with E-state index < -0.39 is 17.8 Å². The number of carbonyl (C=O) groups is 1. The van der Waals surface area contributed by atoms with Crippen LogP contribution in [0.4, 0.5) is 18.0 Å². The molecule has 0 fully saturated rings. The van der Waals surface area contributed by atoms with E-state index in [2.05, 4.69) is 15.6 Å². The number of rotatable bonds is 1. The highest BCUT2D eigenvalue weighted by Gasteiger charge is 2.33. The van der Waals surface area contributed by atoms with Crippen molar-refractivity contribution >= 4 is 28.7 Å². The summed E-state index contributed by atoms with van der Waals surface area (Å²) >= 11 is 5.88. The van der Waals surface area contributed by atoms with Gasteiger partial charge in [-0.2, -0.15) is 17.9 Å². The first-order valence-electron chi connectivity index (χ1n) is 7.85. The van der Waals surface area contributed by atoms with E-state index in [9.17, 15) is 18.0 Å². The van der Waals surface area contributed by atoms with E-state index in [1.54, 1.807) is 0 Å². The van der Waals surface area contributed by atoms with Crippen molar-refractivity contribution in [1.29, 1.82) is 0 Å². The van der Waals surface area contributed by atoms with Crippen molar-refractivity contribution in [2.45, 2.75) is 25.1 Å². The Kier molecular flexibility index (Phi) is 3.87. The van der Waals surface area contributed by atoms with E-state index in [0.717, 1.165) is 34.4 Å². The second-order valence-corrected chi connectivity index (χ2v) is 6.47. The maximum atomic E-state index is 13.0. The van der Waals surface area contributed by atoms with Gasteiger partial charge in [-0.1, -0.05) is 41.1 Å². The lowest BCUT2D eigenvalue weighted by atomic mass is 10.1. The van der Waals surface area contributed by atoms with Gasteiger partial charge < -0.3 is 5.32 Å². The van der Waals surface area contributed by atoms with Gasteiger partial charge in [0.15, 0.2) is 0 Å². The molecule has 26 heavy (non-hydrogen) atoms. The third kappa shape index (κ3) is 2.80. The number of nitrogens with one attached hydrogen (secondary N) is 1. The van der Waals surface area contributed by atoms with E-state index in [-0.39, 0.29) is 22.1 Å². The molecule has 0 saturated heterocycles. The number of carbonyl (C=O) groups excluding carboxylic acids is 1. The zero-order valence-corrected chi connectivity index (χ0v) is 14.0. The molecular formula is C17H12ClF3N4O. The van der Waals surface area contributed by atoms with E-state index in [1.807, 2.05) is 24.3 Å². The number of amides is 1. The molecule has 0 radical (unpaired) electrons. The van der Waals surface area contributed by atoms with Crippen LogP contribution in [-0.4, -0.2) is 21.0 Å². The number of aryl methyl sites for hydroxylation is 1. The lowest BCUT2D eigenvalue weighted by Gasteiger charge is -2.14. The van der Waals surface area contributed by atoms with Crippen LogP contribution in [0.3, 0.4) is 0 Å². The number of halogens is 4. The summed E-state index contributed by atoms with van der Waals surface area (Å²) in [5.41, 5.74) is 1.13. The Bertz CT molecular complexity index is 1010. The average Bonchev–Trinajstić information content (AvgIpc) is 3.19.